The third kappa shape index (κ3) is 2.07. The maximum atomic E-state index is 11.2. The van der Waals surface area contributed by atoms with Gasteiger partial charge in [-0.05, 0) is 13.1 Å². The van der Waals surface area contributed by atoms with E-state index in [0.717, 1.165) is 6.54 Å². The van der Waals surface area contributed by atoms with E-state index >= 15 is 0 Å². The van der Waals surface area contributed by atoms with Crippen molar-refractivity contribution in [2.75, 3.05) is 26.7 Å². The predicted molar refractivity (Wildman–Crippen MR) is 48.8 cm³/mol. The van der Waals surface area contributed by atoms with E-state index in [4.69, 9.17) is 5.26 Å². The molecular weight excluding hydrogens is 166 g/mol. The Morgan fingerprint density at radius 1 is 1.69 bits per heavy atom. The highest BCUT2D eigenvalue weighted by atomic mass is 16.2. The Hall–Kier alpha value is -1.34. The Bertz CT molecular complexity index is 256. The molecule has 1 aliphatic heterocycles. The fraction of sp³-hybridized carbons (Fsp3) is 0.556. The van der Waals surface area contributed by atoms with Crippen molar-refractivity contribution < 1.29 is 4.79 Å². The van der Waals surface area contributed by atoms with Crippen LogP contribution in [0, 0.1) is 11.3 Å². The van der Waals surface area contributed by atoms with Crippen LogP contribution >= 0.6 is 0 Å². The van der Waals surface area contributed by atoms with E-state index in [1.807, 2.05) is 11.9 Å². The minimum Gasteiger partial charge on any atom is -0.335 e. The molecule has 0 aliphatic carbocycles. The average molecular weight is 179 g/mol. The second kappa shape index (κ2) is 4.06. The Kier molecular flexibility index (Phi) is 3.04. The Labute approximate surface area is 78.0 Å². The van der Waals surface area contributed by atoms with Gasteiger partial charge in [-0.3, -0.25) is 9.69 Å². The van der Waals surface area contributed by atoms with Crippen molar-refractivity contribution in [1.29, 1.82) is 5.26 Å². The Morgan fingerprint density at radius 3 is 2.92 bits per heavy atom. The lowest BCUT2D eigenvalue weighted by Crippen LogP contribution is -2.52. The fourth-order valence-corrected chi connectivity index (χ4v) is 1.34. The maximum Gasteiger partial charge on any atom is 0.246 e. The van der Waals surface area contributed by atoms with Crippen LogP contribution < -0.4 is 0 Å². The molecular formula is C9H13N3O. The number of carbonyl (C=O) groups is 1. The third-order valence-corrected chi connectivity index (χ3v) is 2.28. The quantitative estimate of drug-likeness (QED) is 0.525. The van der Waals surface area contributed by atoms with Crippen LogP contribution in [0.1, 0.15) is 0 Å². The van der Waals surface area contributed by atoms with Crippen molar-refractivity contribution >= 4 is 5.91 Å². The van der Waals surface area contributed by atoms with E-state index in [9.17, 15) is 4.79 Å². The molecule has 1 atom stereocenters. The van der Waals surface area contributed by atoms with Gasteiger partial charge in [-0.15, -0.1) is 0 Å². The summed E-state index contributed by atoms with van der Waals surface area (Å²) in [5.74, 6) is -0.0895. The lowest BCUT2D eigenvalue weighted by Gasteiger charge is -2.35. The summed E-state index contributed by atoms with van der Waals surface area (Å²) in [6.45, 7) is 5.33. The van der Waals surface area contributed by atoms with E-state index in [2.05, 4.69) is 12.6 Å². The zero-order valence-corrected chi connectivity index (χ0v) is 7.73. The molecule has 4 nitrogen and oxygen atoms in total. The number of amides is 1. The lowest BCUT2D eigenvalue weighted by molar-refractivity contribution is -0.128. The largest absolute Gasteiger partial charge is 0.335 e. The standard InChI is InChI=1S/C9H13N3O/c1-3-9(13)12-5-4-11(2)8(6-10)7-12/h3,8H,1,4-5,7H2,2H3. The summed E-state index contributed by atoms with van der Waals surface area (Å²) in [5.41, 5.74) is 0. The molecule has 1 amide bonds. The summed E-state index contributed by atoms with van der Waals surface area (Å²) in [6.07, 6.45) is 1.29. The zero-order chi connectivity index (χ0) is 9.84. The topological polar surface area (TPSA) is 47.3 Å². The molecule has 0 radical (unpaired) electrons. The summed E-state index contributed by atoms with van der Waals surface area (Å²) in [4.78, 5) is 14.8. The van der Waals surface area contributed by atoms with Gasteiger partial charge in [0.15, 0.2) is 0 Å². The summed E-state index contributed by atoms with van der Waals surface area (Å²) in [7, 11) is 1.89. The van der Waals surface area contributed by atoms with Crippen molar-refractivity contribution in [2.45, 2.75) is 6.04 Å². The first-order chi connectivity index (χ1) is 6.19. The molecule has 0 N–H and O–H groups in total. The van der Waals surface area contributed by atoms with Crippen LogP contribution in [0.5, 0.6) is 0 Å². The van der Waals surface area contributed by atoms with E-state index in [1.165, 1.54) is 6.08 Å². The third-order valence-electron chi connectivity index (χ3n) is 2.28. The monoisotopic (exact) mass is 179 g/mol. The number of nitriles is 1. The Balaban J connectivity index is 2.60. The number of rotatable bonds is 1. The van der Waals surface area contributed by atoms with Gasteiger partial charge in [0.05, 0.1) is 6.07 Å². The average Bonchev–Trinajstić information content (AvgIpc) is 2.17. The van der Waals surface area contributed by atoms with E-state index < -0.39 is 0 Å². The van der Waals surface area contributed by atoms with Crippen molar-refractivity contribution in [3.63, 3.8) is 0 Å². The van der Waals surface area contributed by atoms with Gasteiger partial charge in [-0.25, -0.2) is 0 Å². The molecule has 1 heterocycles. The minimum atomic E-state index is -0.183. The summed E-state index contributed by atoms with van der Waals surface area (Å²) >= 11 is 0. The van der Waals surface area contributed by atoms with Gasteiger partial charge in [-0.1, -0.05) is 6.58 Å². The van der Waals surface area contributed by atoms with Gasteiger partial charge in [0.2, 0.25) is 5.91 Å². The van der Waals surface area contributed by atoms with Crippen molar-refractivity contribution in [3.8, 4) is 6.07 Å². The van der Waals surface area contributed by atoms with Crippen LogP contribution in [-0.4, -0.2) is 48.4 Å². The molecule has 0 spiro atoms. The minimum absolute atomic E-state index is 0.0895. The van der Waals surface area contributed by atoms with Gasteiger partial charge < -0.3 is 4.90 Å². The van der Waals surface area contributed by atoms with Gasteiger partial charge in [0.1, 0.15) is 6.04 Å². The molecule has 1 saturated heterocycles. The highest BCUT2D eigenvalue weighted by Gasteiger charge is 2.25. The van der Waals surface area contributed by atoms with E-state index in [-0.39, 0.29) is 11.9 Å². The van der Waals surface area contributed by atoms with E-state index in [0.29, 0.717) is 13.1 Å². The lowest BCUT2D eigenvalue weighted by atomic mass is 10.2. The highest BCUT2D eigenvalue weighted by Crippen LogP contribution is 2.06. The van der Waals surface area contributed by atoms with Gasteiger partial charge in [0.25, 0.3) is 0 Å². The molecule has 0 aromatic rings. The molecule has 1 unspecified atom stereocenters. The summed E-state index contributed by atoms with van der Waals surface area (Å²) < 4.78 is 0. The number of likely N-dealkylation sites (N-methyl/N-ethyl adjacent to an activating group) is 1. The van der Waals surface area contributed by atoms with Crippen molar-refractivity contribution in [1.82, 2.24) is 9.80 Å². The smallest absolute Gasteiger partial charge is 0.246 e. The molecule has 0 aromatic heterocycles. The van der Waals surface area contributed by atoms with Crippen molar-refractivity contribution in [2.24, 2.45) is 0 Å². The number of hydrogen-bond donors (Lipinski definition) is 0. The van der Waals surface area contributed by atoms with Gasteiger partial charge >= 0.3 is 0 Å². The van der Waals surface area contributed by atoms with Crippen LogP contribution in [0.4, 0.5) is 0 Å². The van der Waals surface area contributed by atoms with E-state index in [1.54, 1.807) is 4.90 Å². The molecule has 0 aromatic carbocycles. The molecule has 1 aliphatic rings. The normalized spacial score (nSPS) is 23.7. The molecule has 13 heavy (non-hydrogen) atoms. The second-order valence-corrected chi connectivity index (χ2v) is 3.11. The predicted octanol–water partition coefficient (Wildman–Crippen LogP) is -0.161. The number of carbonyl (C=O) groups excluding carboxylic acids is 1. The van der Waals surface area contributed by atoms with Crippen LogP contribution in [0.15, 0.2) is 12.7 Å². The molecule has 4 heteroatoms. The highest BCUT2D eigenvalue weighted by molar-refractivity contribution is 5.87. The van der Waals surface area contributed by atoms with Gasteiger partial charge in [-0.2, -0.15) is 5.26 Å². The fourth-order valence-electron chi connectivity index (χ4n) is 1.34. The summed E-state index contributed by atoms with van der Waals surface area (Å²) in [6, 6.07) is 1.98. The molecule has 70 valence electrons. The molecule has 0 bridgehead atoms. The molecule has 1 rings (SSSR count). The van der Waals surface area contributed by atoms with Crippen LogP contribution in [0.3, 0.4) is 0 Å². The van der Waals surface area contributed by atoms with Crippen LogP contribution in [0.25, 0.3) is 0 Å². The van der Waals surface area contributed by atoms with Crippen LogP contribution in [0.2, 0.25) is 0 Å². The molecule has 1 fully saturated rings. The van der Waals surface area contributed by atoms with Gasteiger partial charge in [0, 0.05) is 19.6 Å². The number of hydrogen-bond acceptors (Lipinski definition) is 3. The molecule has 0 saturated carbocycles. The maximum absolute atomic E-state index is 11.2. The first-order valence-corrected chi connectivity index (χ1v) is 4.20. The summed E-state index contributed by atoms with van der Waals surface area (Å²) in [5, 5.41) is 8.78. The van der Waals surface area contributed by atoms with Crippen LogP contribution in [-0.2, 0) is 4.79 Å². The number of piperazine rings is 1. The number of nitrogens with zero attached hydrogens (tertiary/aromatic N) is 3. The Morgan fingerprint density at radius 2 is 2.38 bits per heavy atom. The zero-order valence-electron chi connectivity index (χ0n) is 7.73. The second-order valence-electron chi connectivity index (χ2n) is 3.11. The first-order valence-electron chi connectivity index (χ1n) is 4.20. The first kappa shape index (κ1) is 9.75. The van der Waals surface area contributed by atoms with Crippen molar-refractivity contribution in [3.05, 3.63) is 12.7 Å². The SMILES string of the molecule is C=CC(=O)N1CCN(C)C(C#N)C1.